The van der Waals surface area contributed by atoms with E-state index >= 15 is 0 Å². The smallest absolute Gasteiger partial charge is 0.325 e. The number of para-hydroxylation sites is 2. The van der Waals surface area contributed by atoms with E-state index in [0.29, 0.717) is 24.6 Å². The van der Waals surface area contributed by atoms with Gasteiger partial charge in [-0.05, 0) is 49.7 Å². The summed E-state index contributed by atoms with van der Waals surface area (Å²) in [5.41, 5.74) is 0.895. The summed E-state index contributed by atoms with van der Waals surface area (Å²) in [5.74, 6) is 0.691. The van der Waals surface area contributed by atoms with Crippen LogP contribution in [0.5, 0.6) is 0 Å². The molecule has 8 heteroatoms. The number of imidazole rings is 1. The lowest BCUT2D eigenvalue weighted by atomic mass is 9.75. The molecule has 1 atom stereocenters. The van der Waals surface area contributed by atoms with Crippen molar-refractivity contribution in [2.45, 2.75) is 64.5 Å². The zero-order valence-electron chi connectivity index (χ0n) is 18.4. The van der Waals surface area contributed by atoms with Crippen LogP contribution in [-0.4, -0.2) is 44.8 Å². The highest BCUT2D eigenvalue weighted by molar-refractivity contribution is 6.09. The number of urea groups is 1. The predicted molar refractivity (Wildman–Crippen MR) is 117 cm³/mol. The second-order valence-corrected chi connectivity index (χ2v) is 9.18. The minimum absolute atomic E-state index is 0.0725. The molecule has 8 nitrogen and oxygen atoms in total. The Morgan fingerprint density at radius 3 is 2.61 bits per heavy atom. The van der Waals surface area contributed by atoms with Crippen molar-refractivity contribution in [1.82, 2.24) is 25.5 Å². The topological polar surface area (TPSA) is 107 Å². The van der Waals surface area contributed by atoms with Crippen LogP contribution in [0.25, 0.3) is 11.0 Å². The Morgan fingerprint density at radius 1 is 1.26 bits per heavy atom. The van der Waals surface area contributed by atoms with Gasteiger partial charge in [-0.3, -0.25) is 14.5 Å². The third-order valence-corrected chi connectivity index (χ3v) is 6.77. The molecule has 3 N–H and O–H groups in total. The molecule has 1 saturated heterocycles. The maximum Gasteiger partial charge on any atom is 0.325 e. The summed E-state index contributed by atoms with van der Waals surface area (Å²) >= 11 is 0. The van der Waals surface area contributed by atoms with Gasteiger partial charge in [0, 0.05) is 0 Å². The third-order valence-electron chi connectivity index (χ3n) is 6.77. The molecular formula is C23H31N5O3. The molecule has 2 fully saturated rings. The Kier molecular flexibility index (Phi) is 5.73. The summed E-state index contributed by atoms with van der Waals surface area (Å²) in [6, 6.07) is 6.86. The van der Waals surface area contributed by atoms with Crippen LogP contribution in [-0.2, 0) is 9.59 Å². The van der Waals surface area contributed by atoms with E-state index in [4.69, 9.17) is 0 Å². The van der Waals surface area contributed by atoms with E-state index in [1.54, 1.807) is 0 Å². The third kappa shape index (κ3) is 4.03. The van der Waals surface area contributed by atoms with Gasteiger partial charge in [-0.15, -0.1) is 0 Å². The molecule has 1 saturated carbocycles. The Balaban J connectivity index is 1.44. The van der Waals surface area contributed by atoms with Gasteiger partial charge < -0.3 is 15.6 Å². The molecule has 2 heterocycles. The highest BCUT2D eigenvalue weighted by Gasteiger charge is 2.52. The van der Waals surface area contributed by atoms with Crippen molar-refractivity contribution < 1.29 is 14.4 Å². The summed E-state index contributed by atoms with van der Waals surface area (Å²) < 4.78 is 0. The quantitative estimate of drug-likeness (QED) is 0.618. The zero-order chi connectivity index (χ0) is 22.2. The molecule has 0 radical (unpaired) electrons. The van der Waals surface area contributed by atoms with Crippen LogP contribution < -0.4 is 10.6 Å². The van der Waals surface area contributed by atoms with Crippen LogP contribution in [0.4, 0.5) is 4.79 Å². The zero-order valence-corrected chi connectivity index (χ0v) is 18.4. The minimum atomic E-state index is -0.834. The van der Waals surface area contributed by atoms with Crippen molar-refractivity contribution in [3.05, 3.63) is 30.1 Å². The fraction of sp³-hybridized carbons (Fsp3) is 0.565. The first-order valence-electron chi connectivity index (χ1n) is 11.2. The fourth-order valence-electron chi connectivity index (χ4n) is 4.77. The molecule has 1 spiro atoms. The number of fused-ring (bicyclic) bond motifs is 1. The number of nitrogens with zero attached hydrogens (tertiary/aromatic N) is 2. The molecular weight excluding hydrogens is 394 g/mol. The Labute approximate surface area is 182 Å². The van der Waals surface area contributed by atoms with E-state index in [0.717, 1.165) is 35.2 Å². The Bertz CT molecular complexity index is 957. The van der Waals surface area contributed by atoms with E-state index in [2.05, 4.69) is 27.5 Å². The molecule has 4 rings (SSSR count). The van der Waals surface area contributed by atoms with E-state index in [9.17, 15) is 14.4 Å². The van der Waals surface area contributed by atoms with Crippen molar-refractivity contribution >= 4 is 28.9 Å². The number of aromatic amines is 1. The molecule has 4 amide bonds. The summed E-state index contributed by atoms with van der Waals surface area (Å²) in [5, 5.41) is 5.85. The average Bonchev–Trinajstić information content (AvgIpc) is 3.27. The SMILES string of the molecule is CCC1CCC2(CC1)NC(=O)N(CC(=O)NC(c1nc3ccccc3[nH]1)C(C)C)C2=O. The van der Waals surface area contributed by atoms with Crippen molar-refractivity contribution in [1.29, 1.82) is 0 Å². The van der Waals surface area contributed by atoms with Gasteiger partial charge in [0.1, 0.15) is 17.9 Å². The summed E-state index contributed by atoms with van der Waals surface area (Å²) in [7, 11) is 0. The van der Waals surface area contributed by atoms with E-state index < -0.39 is 11.6 Å². The lowest BCUT2D eigenvalue weighted by molar-refractivity contribution is -0.136. The normalized spacial score (nSPS) is 24.8. The molecule has 1 aliphatic carbocycles. The van der Waals surface area contributed by atoms with Crippen molar-refractivity contribution in [2.75, 3.05) is 6.54 Å². The van der Waals surface area contributed by atoms with E-state index in [1.807, 2.05) is 38.1 Å². The van der Waals surface area contributed by atoms with Gasteiger partial charge in [0.25, 0.3) is 5.91 Å². The van der Waals surface area contributed by atoms with Crippen LogP contribution in [0.2, 0.25) is 0 Å². The number of aromatic nitrogens is 2. The number of imide groups is 1. The number of amides is 4. The summed E-state index contributed by atoms with van der Waals surface area (Å²) in [4.78, 5) is 47.4. The number of hydrogen-bond donors (Lipinski definition) is 3. The van der Waals surface area contributed by atoms with Crippen molar-refractivity contribution in [2.24, 2.45) is 11.8 Å². The standard InChI is InChI=1S/C23H31N5O3/c1-4-15-9-11-23(12-10-15)21(30)28(22(31)27-23)13-18(29)26-19(14(2)3)20-24-16-7-5-6-8-17(16)25-20/h5-8,14-15,19H,4,9-13H2,1-3H3,(H,24,25)(H,26,29)(H,27,31). The highest BCUT2D eigenvalue weighted by atomic mass is 16.2. The number of carbonyl (C=O) groups excluding carboxylic acids is 3. The molecule has 1 aromatic carbocycles. The van der Waals surface area contributed by atoms with Gasteiger partial charge in [0.05, 0.1) is 17.1 Å². The van der Waals surface area contributed by atoms with Gasteiger partial charge >= 0.3 is 6.03 Å². The monoisotopic (exact) mass is 425 g/mol. The van der Waals surface area contributed by atoms with Gasteiger partial charge in [-0.2, -0.15) is 0 Å². The number of carbonyl (C=O) groups is 3. The summed E-state index contributed by atoms with van der Waals surface area (Å²) in [6.07, 6.45) is 4.21. The minimum Gasteiger partial charge on any atom is -0.344 e. The first-order valence-corrected chi connectivity index (χ1v) is 11.2. The largest absolute Gasteiger partial charge is 0.344 e. The second kappa shape index (κ2) is 8.32. The number of H-pyrrole nitrogens is 1. The molecule has 2 aliphatic rings. The molecule has 1 unspecified atom stereocenters. The summed E-state index contributed by atoms with van der Waals surface area (Å²) in [6.45, 7) is 5.86. The Hall–Kier alpha value is -2.90. The fourth-order valence-corrected chi connectivity index (χ4v) is 4.77. The van der Waals surface area contributed by atoms with E-state index in [-0.39, 0.29) is 30.3 Å². The molecule has 1 aliphatic heterocycles. The Morgan fingerprint density at radius 2 is 1.97 bits per heavy atom. The first kappa shape index (κ1) is 21.3. The molecule has 166 valence electrons. The van der Waals surface area contributed by atoms with Crippen LogP contribution >= 0.6 is 0 Å². The molecule has 2 aromatic rings. The molecule has 1 aromatic heterocycles. The van der Waals surface area contributed by atoms with Crippen LogP contribution in [0, 0.1) is 11.8 Å². The lowest BCUT2D eigenvalue weighted by Crippen LogP contribution is -2.50. The average molecular weight is 426 g/mol. The maximum absolute atomic E-state index is 13.1. The molecule has 0 bridgehead atoms. The van der Waals surface area contributed by atoms with Crippen molar-refractivity contribution in [3.63, 3.8) is 0 Å². The first-order chi connectivity index (χ1) is 14.8. The van der Waals surface area contributed by atoms with Crippen LogP contribution in [0.15, 0.2) is 24.3 Å². The number of hydrogen-bond acceptors (Lipinski definition) is 4. The van der Waals surface area contributed by atoms with Gasteiger partial charge in [-0.1, -0.05) is 39.3 Å². The number of rotatable bonds is 6. The number of benzene rings is 1. The van der Waals surface area contributed by atoms with Crippen LogP contribution in [0.3, 0.4) is 0 Å². The van der Waals surface area contributed by atoms with Crippen molar-refractivity contribution in [3.8, 4) is 0 Å². The molecule has 31 heavy (non-hydrogen) atoms. The van der Waals surface area contributed by atoms with Gasteiger partial charge in [0.15, 0.2) is 0 Å². The maximum atomic E-state index is 13.1. The van der Waals surface area contributed by atoms with E-state index in [1.165, 1.54) is 0 Å². The number of nitrogens with one attached hydrogen (secondary N) is 3. The lowest BCUT2D eigenvalue weighted by Gasteiger charge is -2.34. The van der Waals surface area contributed by atoms with Crippen LogP contribution in [0.1, 0.15) is 64.7 Å². The second-order valence-electron chi connectivity index (χ2n) is 9.18. The van der Waals surface area contributed by atoms with Gasteiger partial charge in [0.2, 0.25) is 5.91 Å². The predicted octanol–water partition coefficient (Wildman–Crippen LogP) is 3.27. The van der Waals surface area contributed by atoms with Gasteiger partial charge in [-0.25, -0.2) is 9.78 Å². The highest BCUT2D eigenvalue weighted by Crippen LogP contribution is 2.37.